The summed E-state index contributed by atoms with van der Waals surface area (Å²) in [6, 6.07) is -1.12. The van der Waals surface area contributed by atoms with Crippen LogP contribution in [0.5, 0.6) is 0 Å². The Morgan fingerprint density at radius 1 is 1.25 bits per heavy atom. The molecule has 0 amide bonds. The monoisotopic (exact) mass is 237 g/mol. The molecule has 0 unspecified atom stereocenters. The molecule has 5 atom stereocenters. The van der Waals surface area contributed by atoms with E-state index in [0.717, 1.165) is 0 Å². The summed E-state index contributed by atoms with van der Waals surface area (Å²) >= 11 is 0. The summed E-state index contributed by atoms with van der Waals surface area (Å²) in [5.74, 6) is -1.17. The van der Waals surface area contributed by atoms with E-state index in [1.165, 1.54) is 0 Å². The van der Waals surface area contributed by atoms with Crippen LogP contribution in [-0.2, 0) is 9.53 Å². The minimum Gasteiger partial charge on any atom is -0.480 e. The molecule has 8 nitrogen and oxygen atoms in total. The van der Waals surface area contributed by atoms with E-state index in [-0.39, 0.29) is 0 Å². The van der Waals surface area contributed by atoms with Crippen LogP contribution in [0.15, 0.2) is 0 Å². The lowest BCUT2D eigenvalue weighted by Gasteiger charge is -2.40. The fourth-order valence-electron chi connectivity index (χ4n) is 1.52. The van der Waals surface area contributed by atoms with E-state index < -0.39 is 49.8 Å². The molecule has 1 heterocycles. The Morgan fingerprint density at radius 3 is 2.38 bits per heavy atom. The maximum Gasteiger partial charge on any atom is 0.317 e. The van der Waals surface area contributed by atoms with Gasteiger partial charge in [-0.1, -0.05) is 0 Å². The van der Waals surface area contributed by atoms with E-state index in [4.69, 9.17) is 14.9 Å². The van der Waals surface area contributed by atoms with Gasteiger partial charge in [-0.15, -0.1) is 0 Å². The second-order valence-corrected chi connectivity index (χ2v) is 3.53. The highest BCUT2D eigenvalue weighted by atomic mass is 16.6. The van der Waals surface area contributed by atoms with Crippen LogP contribution in [0.1, 0.15) is 0 Å². The van der Waals surface area contributed by atoms with Gasteiger partial charge in [0, 0.05) is 0 Å². The van der Waals surface area contributed by atoms with Crippen LogP contribution in [0.25, 0.3) is 0 Å². The lowest BCUT2D eigenvalue weighted by atomic mass is 9.97. The largest absolute Gasteiger partial charge is 0.480 e. The lowest BCUT2D eigenvalue weighted by Crippen LogP contribution is -2.63. The summed E-state index contributed by atoms with van der Waals surface area (Å²) in [5, 5.41) is 48.0. The Kier molecular flexibility index (Phi) is 4.59. The molecule has 94 valence electrons. The van der Waals surface area contributed by atoms with Crippen molar-refractivity contribution in [2.45, 2.75) is 30.6 Å². The van der Waals surface area contributed by atoms with Crippen molar-refractivity contribution >= 4 is 5.97 Å². The summed E-state index contributed by atoms with van der Waals surface area (Å²) in [6.45, 7) is -1.04. The van der Waals surface area contributed by atoms with Crippen molar-refractivity contribution in [3.63, 3.8) is 0 Å². The molecule has 1 fully saturated rings. The fourth-order valence-corrected chi connectivity index (χ4v) is 1.52. The second kappa shape index (κ2) is 5.53. The van der Waals surface area contributed by atoms with E-state index in [1.807, 2.05) is 0 Å². The molecule has 1 aliphatic heterocycles. The highest BCUT2D eigenvalue weighted by Crippen LogP contribution is 2.19. The summed E-state index contributed by atoms with van der Waals surface area (Å²) < 4.78 is 4.80. The van der Waals surface area contributed by atoms with Crippen molar-refractivity contribution in [3.8, 4) is 0 Å². The smallest absolute Gasteiger partial charge is 0.317 e. The van der Waals surface area contributed by atoms with Crippen LogP contribution in [0.4, 0.5) is 0 Å². The Labute approximate surface area is 91.1 Å². The molecule has 8 heteroatoms. The molecule has 1 aliphatic rings. The molecule has 1 rings (SSSR count). The van der Waals surface area contributed by atoms with Crippen molar-refractivity contribution in [1.29, 1.82) is 0 Å². The first-order valence-corrected chi connectivity index (χ1v) is 4.73. The summed E-state index contributed by atoms with van der Waals surface area (Å²) in [5.41, 5.74) is 0. The highest BCUT2D eigenvalue weighted by Gasteiger charge is 2.43. The van der Waals surface area contributed by atoms with Crippen LogP contribution in [-0.4, -0.2) is 75.3 Å². The Balaban J connectivity index is 2.60. The number of carbonyl (C=O) groups is 1. The zero-order valence-corrected chi connectivity index (χ0v) is 8.35. The number of rotatable bonds is 4. The number of carboxylic acid groups (broad SMARTS) is 1. The number of carboxylic acids is 1. The van der Waals surface area contributed by atoms with Gasteiger partial charge in [-0.2, -0.15) is 0 Å². The zero-order valence-electron chi connectivity index (χ0n) is 8.35. The second-order valence-electron chi connectivity index (χ2n) is 3.53. The van der Waals surface area contributed by atoms with Gasteiger partial charge in [-0.3, -0.25) is 10.1 Å². The fraction of sp³-hybridized carbons (Fsp3) is 0.875. The normalized spacial score (nSPS) is 39.6. The van der Waals surface area contributed by atoms with Crippen molar-refractivity contribution in [1.82, 2.24) is 5.32 Å². The molecule has 0 spiro atoms. The third-order valence-corrected chi connectivity index (χ3v) is 2.39. The predicted octanol–water partition coefficient (Wildman–Crippen LogP) is -3.54. The maximum absolute atomic E-state index is 10.3. The van der Waals surface area contributed by atoms with E-state index >= 15 is 0 Å². The lowest BCUT2D eigenvalue weighted by molar-refractivity contribution is -0.254. The average Bonchev–Trinajstić information content (AvgIpc) is 2.22. The maximum atomic E-state index is 10.3. The van der Waals surface area contributed by atoms with Crippen LogP contribution >= 0.6 is 0 Å². The molecule has 0 aliphatic carbocycles. The van der Waals surface area contributed by atoms with Crippen LogP contribution in [0, 0.1) is 0 Å². The first-order valence-electron chi connectivity index (χ1n) is 4.73. The van der Waals surface area contributed by atoms with Gasteiger partial charge in [-0.05, 0) is 0 Å². The number of hydrogen-bond acceptors (Lipinski definition) is 7. The molecule has 0 aromatic rings. The van der Waals surface area contributed by atoms with Crippen molar-refractivity contribution in [3.05, 3.63) is 0 Å². The number of aliphatic carboxylic acids is 1. The van der Waals surface area contributed by atoms with Crippen LogP contribution < -0.4 is 5.32 Å². The van der Waals surface area contributed by atoms with Gasteiger partial charge in [0.15, 0.2) is 6.29 Å². The molecule has 16 heavy (non-hydrogen) atoms. The average molecular weight is 237 g/mol. The van der Waals surface area contributed by atoms with Gasteiger partial charge in [-0.25, -0.2) is 0 Å². The molecule has 0 radical (unpaired) electrons. The molecule has 0 saturated carbocycles. The van der Waals surface area contributed by atoms with Gasteiger partial charge in [0.2, 0.25) is 0 Å². The van der Waals surface area contributed by atoms with E-state index in [1.54, 1.807) is 0 Å². The molecule has 1 saturated heterocycles. The van der Waals surface area contributed by atoms with Gasteiger partial charge in [0.05, 0.1) is 19.2 Å². The molecule has 0 bridgehead atoms. The summed E-state index contributed by atoms with van der Waals surface area (Å²) in [6.07, 6.45) is -5.39. The summed E-state index contributed by atoms with van der Waals surface area (Å²) in [4.78, 5) is 10.3. The molecule has 0 aromatic carbocycles. The molecule has 0 aromatic heterocycles. The number of aliphatic hydroxyl groups is 4. The van der Waals surface area contributed by atoms with Gasteiger partial charge >= 0.3 is 5.97 Å². The number of nitrogens with one attached hydrogen (secondary N) is 1. The summed E-state index contributed by atoms with van der Waals surface area (Å²) in [7, 11) is 0. The van der Waals surface area contributed by atoms with Crippen molar-refractivity contribution in [2.24, 2.45) is 0 Å². The minimum atomic E-state index is -1.49. The zero-order chi connectivity index (χ0) is 12.3. The number of aliphatic hydroxyl groups excluding tert-OH is 4. The minimum absolute atomic E-state index is 0.487. The quantitative estimate of drug-likeness (QED) is 0.295. The highest BCUT2D eigenvalue weighted by molar-refractivity contribution is 5.69. The standard InChI is InChI=1S/C8H15NO7/c10-2-3-6(13)7(14)5(8(15)16-3)9-1-4(11)12/h3,5-10,13-15H,1-2H2,(H,11,12)/t3-,5+,6-,7-,8+/m1/s1. The number of ether oxygens (including phenoxy) is 1. The Morgan fingerprint density at radius 2 is 1.88 bits per heavy atom. The molecular weight excluding hydrogens is 222 g/mol. The van der Waals surface area contributed by atoms with Crippen LogP contribution in [0.3, 0.4) is 0 Å². The Bertz CT molecular complexity index is 249. The topological polar surface area (TPSA) is 139 Å². The first kappa shape index (κ1) is 13.3. The third kappa shape index (κ3) is 2.88. The molecule has 6 N–H and O–H groups in total. The van der Waals surface area contributed by atoms with Gasteiger partial charge in [0.25, 0.3) is 0 Å². The molecular formula is C8H15NO7. The number of hydrogen-bond donors (Lipinski definition) is 6. The van der Waals surface area contributed by atoms with E-state index in [2.05, 4.69) is 5.32 Å². The van der Waals surface area contributed by atoms with E-state index in [0.29, 0.717) is 0 Å². The predicted molar refractivity (Wildman–Crippen MR) is 49.4 cm³/mol. The van der Waals surface area contributed by atoms with E-state index in [9.17, 15) is 20.1 Å². The first-order chi connectivity index (χ1) is 7.47. The SMILES string of the molecule is O=C(O)CN[C@H]1[C@@H](O)[C@H](O)[C@@H](CO)O[C@@H]1O. The van der Waals surface area contributed by atoms with Crippen LogP contribution in [0.2, 0.25) is 0 Å². The third-order valence-electron chi connectivity index (χ3n) is 2.39. The van der Waals surface area contributed by atoms with Gasteiger partial charge < -0.3 is 30.3 Å². The van der Waals surface area contributed by atoms with Gasteiger partial charge in [0.1, 0.15) is 18.3 Å². The van der Waals surface area contributed by atoms with Crippen molar-refractivity contribution < 1.29 is 35.1 Å². The van der Waals surface area contributed by atoms with Crippen molar-refractivity contribution in [2.75, 3.05) is 13.2 Å². The Hall–Kier alpha value is -0.770.